The van der Waals surface area contributed by atoms with Crippen molar-refractivity contribution in [3.8, 4) is 12.3 Å². The number of amides is 1. The zero-order valence-electron chi connectivity index (χ0n) is 10.5. The quantitative estimate of drug-likeness (QED) is 0.564. The van der Waals surface area contributed by atoms with Crippen LogP contribution >= 0.6 is 0 Å². The van der Waals surface area contributed by atoms with Crippen LogP contribution in [0.1, 0.15) is 12.5 Å². The summed E-state index contributed by atoms with van der Waals surface area (Å²) in [5.74, 6) is 2.30. The van der Waals surface area contributed by atoms with Crippen LogP contribution in [-0.2, 0) is 16.1 Å². The molecule has 0 bridgehead atoms. The number of ether oxygens (including phenoxy) is 1. The van der Waals surface area contributed by atoms with Gasteiger partial charge in [-0.3, -0.25) is 10.1 Å². The van der Waals surface area contributed by atoms with Gasteiger partial charge < -0.3 is 10.1 Å². The molecular formula is C14H18N2O2. The highest BCUT2D eigenvalue weighted by Gasteiger charge is 2.05. The lowest BCUT2D eigenvalue weighted by molar-refractivity contribution is -0.115. The van der Waals surface area contributed by atoms with Gasteiger partial charge in [0.1, 0.15) is 0 Å². The number of anilines is 1. The first-order chi connectivity index (χ1) is 8.77. The van der Waals surface area contributed by atoms with Gasteiger partial charge in [-0.15, -0.1) is 6.42 Å². The van der Waals surface area contributed by atoms with Crippen LogP contribution in [0.2, 0.25) is 0 Å². The molecule has 0 saturated heterocycles. The standard InChI is InChI=1S/C14H18N2O2/c1-3-9-15-10-14(17)16-13-8-6-5-7-12(13)11-18-4-2/h1,5-8,15H,4,9-11H2,2H3,(H,16,17). The molecule has 0 unspecified atom stereocenters. The van der Waals surface area contributed by atoms with Crippen LogP contribution in [0.4, 0.5) is 5.69 Å². The maximum atomic E-state index is 11.6. The molecule has 4 nitrogen and oxygen atoms in total. The van der Waals surface area contributed by atoms with E-state index >= 15 is 0 Å². The van der Waals surface area contributed by atoms with Crippen LogP contribution in [0, 0.1) is 12.3 Å². The first-order valence-corrected chi connectivity index (χ1v) is 5.87. The molecule has 18 heavy (non-hydrogen) atoms. The van der Waals surface area contributed by atoms with Gasteiger partial charge in [0.05, 0.1) is 19.7 Å². The fourth-order valence-corrected chi connectivity index (χ4v) is 1.42. The van der Waals surface area contributed by atoms with E-state index in [9.17, 15) is 4.79 Å². The van der Waals surface area contributed by atoms with Gasteiger partial charge in [0, 0.05) is 17.9 Å². The molecule has 4 heteroatoms. The van der Waals surface area contributed by atoms with Gasteiger partial charge in [-0.25, -0.2) is 0 Å². The number of rotatable bonds is 7. The maximum Gasteiger partial charge on any atom is 0.238 e. The highest BCUT2D eigenvalue weighted by atomic mass is 16.5. The molecule has 0 aromatic heterocycles. The van der Waals surface area contributed by atoms with E-state index in [0.717, 1.165) is 11.3 Å². The minimum absolute atomic E-state index is 0.116. The topological polar surface area (TPSA) is 50.4 Å². The van der Waals surface area contributed by atoms with E-state index in [-0.39, 0.29) is 12.5 Å². The number of benzene rings is 1. The van der Waals surface area contributed by atoms with E-state index in [0.29, 0.717) is 19.8 Å². The minimum Gasteiger partial charge on any atom is -0.377 e. The van der Waals surface area contributed by atoms with Crippen LogP contribution in [0.25, 0.3) is 0 Å². The van der Waals surface area contributed by atoms with Gasteiger partial charge in [0.15, 0.2) is 0 Å². The predicted octanol–water partition coefficient (Wildman–Crippen LogP) is 1.38. The number of terminal acetylenes is 1. The number of hydrogen-bond donors (Lipinski definition) is 2. The van der Waals surface area contributed by atoms with Crippen molar-refractivity contribution in [1.82, 2.24) is 5.32 Å². The normalized spacial score (nSPS) is 9.78. The van der Waals surface area contributed by atoms with Crippen molar-refractivity contribution in [2.45, 2.75) is 13.5 Å². The largest absolute Gasteiger partial charge is 0.377 e. The lowest BCUT2D eigenvalue weighted by atomic mass is 10.2. The van der Waals surface area contributed by atoms with E-state index in [4.69, 9.17) is 11.2 Å². The molecule has 0 saturated carbocycles. The molecule has 0 atom stereocenters. The van der Waals surface area contributed by atoms with E-state index in [1.165, 1.54) is 0 Å². The summed E-state index contributed by atoms with van der Waals surface area (Å²) < 4.78 is 5.35. The molecule has 0 fully saturated rings. The molecule has 1 rings (SSSR count). The number of hydrogen-bond acceptors (Lipinski definition) is 3. The molecule has 0 heterocycles. The zero-order chi connectivity index (χ0) is 13.2. The summed E-state index contributed by atoms with van der Waals surface area (Å²) >= 11 is 0. The first kappa shape index (κ1) is 14.2. The SMILES string of the molecule is C#CCNCC(=O)Nc1ccccc1COCC. The van der Waals surface area contributed by atoms with Gasteiger partial charge >= 0.3 is 0 Å². The van der Waals surface area contributed by atoms with Crippen molar-refractivity contribution in [2.24, 2.45) is 0 Å². The average Bonchev–Trinajstić information content (AvgIpc) is 2.38. The summed E-state index contributed by atoms with van der Waals surface area (Å²) in [5, 5.41) is 5.67. The summed E-state index contributed by atoms with van der Waals surface area (Å²) in [7, 11) is 0. The van der Waals surface area contributed by atoms with Gasteiger partial charge in [-0.1, -0.05) is 24.1 Å². The first-order valence-electron chi connectivity index (χ1n) is 5.87. The molecule has 1 aromatic carbocycles. The fourth-order valence-electron chi connectivity index (χ4n) is 1.42. The Balaban J connectivity index is 2.55. The Labute approximate surface area is 108 Å². The van der Waals surface area contributed by atoms with Crippen molar-refractivity contribution >= 4 is 11.6 Å². The Morgan fingerprint density at radius 1 is 1.44 bits per heavy atom. The van der Waals surface area contributed by atoms with E-state index in [2.05, 4.69) is 16.6 Å². The second-order valence-corrected chi connectivity index (χ2v) is 3.65. The van der Waals surface area contributed by atoms with E-state index in [1.54, 1.807) is 0 Å². The Kier molecular flexibility index (Phi) is 6.55. The van der Waals surface area contributed by atoms with Gasteiger partial charge in [-0.05, 0) is 13.0 Å². The molecule has 0 aliphatic heterocycles. The highest BCUT2D eigenvalue weighted by molar-refractivity contribution is 5.92. The second kappa shape index (κ2) is 8.29. The number of carbonyl (C=O) groups excluding carboxylic acids is 1. The molecule has 0 radical (unpaired) electrons. The van der Waals surface area contributed by atoms with Gasteiger partial charge in [0.25, 0.3) is 0 Å². The fraction of sp³-hybridized carbons (Fsp3) is 0.357. The Bertz CT molecular complexity index is 424. The molecule has 0 spiro atoms. The lowest BCUT2D eigenvalue weighted by Gasteiger charge is -2.11. The third kappa shape index (κ3) is 5.00. The van der Waals surface area contributed by atoms with Crippen LogP contribution in [-0.4, -0.2) is 25.6 Å². The van der Waals surface area contributed by atoms with Gasteiger partial charge in [-0.2, -0.15) is 0 Å². The van der Waals surface area contributed by atoms with Crippen molar-refractivity contribution in [3.63, 3.8) is 0 Å². The third-order valence-corrected chi connectivity index (χ3v) is 2.27. The van der Waals surface area contributed by atoms with Crippen LogP contribution in [0.3, 0.4) is 0 Å². The van der Waals surface area contributed by atoms with Crippen molar-refractivity contribution in [2.75, 3.05) is 25.0 Å². The molecule has 0 aliphatic rings. The number of nitrogens with one attached hydrogen (secondary N) is 2. The smallest absolute Gasteiger partial charge is 0.238 e. The molecule has 1 amide bonds. The Hall–Kier alpha value is -1.83. The summed E-state index contributed by atoms with van der Waals surface area (Å²) in [5.41, 5.74) is 1.74. The predicted molar refractivity (Wildman–Crippen MR) is 72.1 cm³/mol. The summed E-state index contributed by atoms with van der Waals surface area (Å²) in [4.78, 5) is 11.6. The van der Waals surface area contributed by atoms with Crippen LogP contribution in [0.5, 0.6) is 0 Å². The van der Waals surface area contributed by atoms with Gasteiger partial charge in [0.2, 0.25) is 5.91 Å². The summed E-state index contributed by atoms with van der Waals surface area (Å²) in [6.07, 6.45) is 5.09. The Morgan fingerprint density at radius 3 is 2.94 bits per heavy atom. The highest BCUT2D eigenvalue weighted by Crippen LogP contribution is 2.15. The lowest BCUT2D eigenvalue weighted by Crippen LogP contribution is -2.28. The minimum atomic E-state index is -0.116. The Morgan fingerprint density at radius 2 is 2.22 bits per heavy atom. The third-order valence-electron chi connectivity index (χ3n) is 2.27. The van der Waals surface area contributed by atoms with Crippen molar-refractivity contribution in [3.05, 3.63) is 29.8 Å². The monoisotopic (exact) mass is 246 g/mol. The van der Waals surface area contributed by atoms with Crippen molar-refractivity contribution < 1.29 is 9.53 Å². The molecule has 96 valence electrons. The number of carbonyl (C=O) groups is 1. The van der Waals surface area contributed by atoms with Crippen molar-refractivity contribution in [1.29, 1.82) is 0 Å². The van der Waals surface area contributed by atoms with E-state index < -0.39 is 0 Å². The van der Waals surface area contributed by atoms with Crippen LogP contribution in [0.15, 0.2) is 24.3 Å². The number of para-hydroxylation sites is 1. The maximum absolute atomic E-state index is 11.6. The molecule has 1 aromatic rings. The zero-order valence-corrected chi connectivity index (χ0v) is 10.5. The van der Waals surface area contributed by atoms with Crippen LogP contribution < -0.4 is 10.6 Å². The molecular weight excluding hydrogens is 228 g/mol. The van der Waals surface area contributed by atoms with E-state index in [1.807, 2.05) is 31.2 Å². The summed E-state index contributed by atoms with van der Waals surface area (Å²) in [6.45, 7) is 3.66. The summed E-state index contributed by atoms with van der Waals surface area (Å²) in [6, 6.07) is 7.58. The molecule has 2 N–H and O–H groups in total. The molecule has 0 aliphatic carbocycles. The average molecular weight is 246 g/mol. The second-order valence-electron chi connectivity index (χ2n) is 3.65.